The van der Waals surface area contributed by atoms with Gasteiger partial charge in [0.05, 0.1) is 0 Å². The minimum absolute atomic E-state index is 0.0620. The molecule has 1 amide bonds. The lowest BCUT2D eigenvalue weighted by Crippen LogP contribution is -2.42. The van der Waals surface area contributed by atoms with E-state index in [2.05, 4.69) is 31.4 Å². The zero-order valence-corrected chi connectivity index (χ0v) is 12.5. The minimum atomic E-state index is -0.0620. The van der Waals surface area contributed by atoms with Crippen molar-refractivity contribution in [2.45, 2.75) is 52.9 Å². The van der Waals surface area contributed by atoms with Gasteiger partial charge in [0.1, 0.15) is 0 Å². The first-order valence-corrected chi connectivity index (χ1v) is 7.43. The van der Waals surface area contributed by atoms with Crippen LogP contribution in [0.3, 0.4) is 0 Å². The van der Waals surface area contributed by atoms with Gasteiger partial charge in [0.25, 0.3) is 0 Å². The fourth-order valence-corrected chi connectivity index (χ4v) is 3.23. The molecule has 1 fully saturated rings. The molecule has 3 heteroatoms. The van der Waals surface area contributed by atoms with Crippen molar-refractivity contribution in [3.05, 3.63) is 0 Å². The Morgan fingerprint density at radius 2 is 1.78 bits per heavy atom. The van der Waals surface area contributed by atoms with Gasteiger partial charge in [-0.15, -0.1) is 0 Å². The molecule has 1 rings (SSSR count). The molecule has 3 nitrogen and oxygen atoms in total. The summed E-state index contributed by atoms with van der Waals surface area (Å²) in [5.41, 5.74) is -0.0620. The molecule has 1 saturated carbocycles. The van der Waals surface area contributed by atoms with Gasteiger partial charge in [-0.2, -0.15) is 0 Å². The first-order valence-electron chi connectivity index (χ1n) is 7.43. The van der Waals surface area contributed by atoms with E-state index < -0.39 is 0 Å². The van der Waals surface area contributed by atoms with Crippen molar-refractivity contribution in [2.24, 2.45) is 17.3 Å². The average molecular weight is 254 g/mol. The summed E-state index contributed by atoms with van der Waals surface area (Å²) in [7, 11) is 1.95. The number of nitrogens with one attached hydrogen (secondary N) is 2. The third-order valence-corrected chi connectivity index (χ3v) is 4.00. The highest BCUT2D eigenvalue weighted by molar-refractivity contribution is 5.82. The molecule has 106 valence electrons. The predicted octanol–water partition coefficient (Wildman–Crippen LogP) is 2.56. The second-order valence-electron chi connectivity index (χ2n) is 6.46. The molecule has 0 spiro atoms. The van der Waals surface area contributed by atoms with Gasteiger partial charge in [0.15, 0.2) is 0 Å². The molecule has 0 heterocycles. The standard InChI is InChI=1S/C15H30N2O/c1-12(2)9-15(7-5-6-8-15)14(18)17-11-13(3)10-16-4/h12-13,16H,5-11H2,1-4H3,(H,17,18). The van der Waals surface area contributed by atoms with Gasteiger partial charge in [-0.05, 0) is 44.7 Å². The van der Waals surface area contributed by atoms with Crippen LogP contribution in [0.5, 0.6) is 0 Å². The van der Waals surface area contributed by atoms with Gasteiger partial charge in [0, 0.05) is 12.0 Å². The van der Waals surface area contributed by atoms with Crippen LogP contribution in [0.4, 0.5) is 0 Å². The number of carbonyl (C=O) groups is 1. The van der Waals surface area contributed by atoms with Gasteiger partial charge in [-0.3, -0.25) is 4.79 Å². The topological polar surface area (TPSA) is 41.1 Å². The van der Waals surface area contributed by atoms with Gasteiger partial charge in [0.2, 0.25) is 5.91 Å². The van der Waals surface area contributed by atoms with Crippen LogP contribution in [-0.2, 0) is 4.79 Å². The molecule has 1 aliphatic rings. The molecule has 0 radical (unpaired) electrons. The van der Waals surface area contributed by atoms with Crippen LogP contribution in [0.1, 0.15) is 52.9 Å². The fraction of sp³-hybridized carbons (Fsp3) is 0.933. The maximum Gasteiger partial charge on any atom is 0.226 e. The highest BCUT2D eigenvalue weighted by Crippen LogP contribution is 2.43. The second kappa shape index (κ2) is 7.13. The number of rotatable bonds is 7. The van der Waals surface area contributed by atoms with E-state index in [0.29, 0.717) is 17.7 Å². The van der Waals surface area contributed by atoms with E-state index in [1.807, 2.05) is 7.05 Å². The Kier molecular flexibility index (Phi) is 6.13. The SMILES string of the molecule is CNCC(C)CNC(=O)C1(CC(C)C)CCCC1. The van der Waals surface area contributed by atoms with Crippen LogP contribution < -0.4 is 10.6 Å². The van der Waals surface area contributed by atoms with E-state index in [1.54, 1.807) is 0 Å². The van der Waals surface area contributed by atoms with Crippen LogP contribution in [0.25, 0.3) is 0 Å². The quantitative estimate of drug-likeness (QED) is 0.733. The van der Waals surface area contributed by atoms with Crippen molar-refractivity contribution >= 4 is 5.91 Å². The lowest BCUT2D eigenvalue weighted by molar-refractivity contribution is -0.132. The Labute approximate surface area is 112 Å². The number of carbonyl (C=O) groups excluding carboxylic acids is 1. The molecule has 0 aliphatic heterocycles. The van der Waals surface area contributed by atoms with E-state index in [0.717, 1.165) is 32.4 Å². The molecule has 2 N–H and O–H groups in total. The van der Waals surface area contributed by atoms with E-state index in [-0.39, 0.29) is 5.41 Å². The van der Waals surface area contributed by atoms with Crippen LogP contribution in [-0.4, -0.2) is 26.0 Å². The first-order chi connectivity index (χ1) is 8.50. The summed E-state index contributed by atoms with van der Waals surface area (Å²) in [6, 6.07) is 0. The number of amides is 1. The highest BCUT2D eigenvalue weighted by atomic mass is 16.2. The van der Waals surface area contributed by atoms with Crippen LogP contribution in [0, 0.1) is 17.3 Å². The third kappa shape index (κ3) is 4.27. The van der Waals surface area contributed by atoms with Crippen molar-refractivity contribution in [2.75, 3.05) is 20.1 Å². The van der Waals surface area contributed by atoms with Crippen molar-refractivity contribution in [3.8, 4) is 0 Å². The lowest BCUT2D eigenvalue weighted by atomic mass is 9.77. The maximum absolute atomic E-state index is 12.5. The van der Waals surface area contributed by atoms with Crippen LogP contribution in [0.2, 0.25) is 0 Å². The van der Waals surface area contributed by atoms with Crippen molar-refractivity contribution in [1.82, 2.24) is 10.6 Å². The van der Waals surface area contributed by atoms with Crippen LogP contribution in [0.15, 0.2) is 0 Å². The third-order valence-electron chi connectivity index (χ3n) is 4.00. The van der Waals surface area contributed by atoms with E-state index >= 15 is 0 Å². The fourth-order valence-electron chi connectivity index (χ4n) is 3.23. The molecule has 1 unspecified atom stereocenters. The van der Waals surface area contributed by atoms with Gasteiger partial charge in [-0.1, -0.05) is 33.6 Å². The van der Waals surface area contributed by atoms with Crippen molar-refractivity contribution in [1.29, 1.82) is 0 Å². The zero-order chi connectivity index (χ0) is 13.6. The molecule has 0 aromatic heterocycles. The Balaban J connectivity index is 2.50. The monoisotopic (exact) mass is 254 g/mol. The summed E-state index contributed by atoms with van der Waals surface area (Å²) in [6.07, 6.45) is 5.63. The predicted molar refractivity (Wildman–Crippen MR) is 76.5 cm³/mol. The molecule has 1 aliphatic carbocycles. The van der Waals surface area contributed by atoms with Gasteiger partial charge >= 0.3 is 0 Å². The molecule has 0 aromatic rings. The summed E-state index contributed by atoms with van der Waals surface area (Å²) in [5, 5.41) is 6.33. The summed E-state index contributed by atoms with van der Waals surface area (Å²) in [6.45, 7) is 8.35. The van der Waals surface area contributed by atoms with Gasteiger partial charge < -0.3 is 10.6 Å². The Morgan fingerprint density at radius 3 is 2.28 bits per heavy atom. The summed E-state index contributed by atoms with van der Waals surface area (Å²) in [4.78, 5) is 12.5. The largest absolute Gasteiger partial charge is 0.355 e. The Morgan fingerprint density at radius 1 is 1.17 bits per heavy atom. The Bertz CT molecular complexity index is 257. The first kappa shape index (κ1) is 15.5. The molecular formula is C15H30N2O. The van der Waals surface area contributed by atoms with E-state index in [1.165, 1.54) is 12.8 Å². The van der Waals surface area contributed by atoms with Gasteiger partial charge in [-0.25, -0.2) is 0 Å². The van der Waals surface area contributed by atoms with E-state index in [4.69, 9.17) is 0 Å². The van der Waals surface area contributed by atoms with Crippen molar-refractivity contribution in [3.63, 3.8) is 0 Å². The second-order valence-corrected chi connectivity index (χ2v) is 6.46. The Hall–Kier alpha value is -0.570. The number of hydrogen-bond acceptors (Lipinski definition) is 2. The zero-order valence-electron chi connectivity index (χ0n) is 12.5. The lowest BCUT2D eigenvalue weighted by Gasteiger charge is -2.30. The molecular weight excluding hydrogens is 224 g/mol. The smallest absolute Gasteiger partial charge is 0.226 e. The summed E-state index contributed by atoms with van der Waals surface area (Å²) in [5.74, 6) is 1.40. The van der Waals surface area contributed by atoms with E-state index in [9.17, 15) is 4.79 Å². The molecule has 0 bridgehead atoms. The summed E-state index contributed by atoms with van der Waals surface area (Å²) >= 11 is 0. The van der Waals surface area contributed by atoms with Crippen molar-refractivity contribution < 1.29 is 4.79 Å². The maximum atomic E-state index is 12.5. The molecule has 0 saturated heterocycles. The summed E-state index contributed by atoms with van der Waals surface area (Å²) < 4.78 is 0. The average Bonchev–Trinajstić information content (AvgIpc) is 2.75. The molecule has 0 aromatic carbocycles. The van der Waals surface area contributed by atoms with Crippen LogP contribution >= 0.6 is 0 Å². The minimum Gasteiger partial charge on any atom is -0.355 e. The number of hydrogen-bond donors (Lipinski definition) is 2. The normalized spacial score (nSPS) is 20.1. The molecule has 1 atom stereocenters. The highest BCUT2D eigenvalue weighted by Gasteiger charge is 2.41. The molecule has 18 heavy (non-hydrogen) atoms.